The lowest BCUT2D eigenvalue weighted by molar-refractivity contribution is 0.0905. The largest absolute Gasteiger partial charge is 0.477 e. The second-order valence-electron chi connectivity index (χ2n) is 8.07. The van der Waals surface area contributed by atoms with Crippen molar-refractivity contribution in [1.82, 2.24) is 25.3 Å². The Bertz CT molecular complexity index is 1250. The summed E-state index contributed by atoms with van der Waals surface area (Å²) in [5.41, 5.74) is 1.23. The topological polar surface area (TPSA) is 136 Å². The van der Waals surface area contributed by atoms with Crippen LogP contribution in [0.2, 0.25) is 0 Å². The Morgan fingerprint density at radius 1 is 1.21 bits per heavy atom. The average Bonchev–Trinajstić information content (AvgIpc) is 3.54. The van der Waals surface area contributed by atoms with Crippen LogP contribution in [0.4, 0.5) is 5.13 Å². The number of rotatable bonds is 9. The van der Waals surface area contributed by atoms with Gasteiger partial charge in [-0.05, 0) is 45.7 Å². The number of pyridine rings is 1. The van der Waals surface area contributed by atoms with Gasteiger partial charge in [0.05, 0.1) is 41.2 Å². The summed E-state index contributed by atoms with van der Waals surface area (Å²) in [4.78, 5) is 29.9. The molecule has 0 aliphatic heterocycles. The van der Waals surface area contributed by atoms with Crippen molar-refractivity contribution in [3.63, 3.8) is 0 Å². The molecular weight excluding hydrogens is 464 g/mol. The number of nitrogens with one attached hydrogen (secondary N) is 2. The van der Waals surface area contributed by atoms with Gasteiger partial charge in [-0.15, -0.1) is 11.3 Å². The van der Waals surface area contributed by atoms with Crippen LogP contribution in [0.25, 0.3) is 11.3 Å². The van der Waals surface area contributed by atoms with Gasteiger partial charge in [0.1, 0.15) is 5.69 Å². The third-order valence-corrected chi connectivity index (χ3v) is 7.67. The van der Waals surface area contributed by atoms with Crippen molar-refractivity contribution < 1.29 is 17.9 Å². The van der Waals surface area contributed by atoms with Crippen molar-refractivity contribution in [2.75, 3.05) is 11.3 Å². The number of ether oxygens (including phenoxy) is 1. The molecule has 4 rings (SSSR count). The molecule has 0 unspecified atom stereocenters. The summed E-state index contributed by atoms with van der Waals surface area (Å²) in [6, 6.07) is 3.34. The van der Waals surface area contributed by atoms with Gasteiger partial charge in [0.2, 0.25) is 15.9 Å². The number of hydrogen-bond acceptors (Lipinski definition) is 9. The molecule has 3 aromatic rings. The maximum absolute atomic E-state index is 12.8. The number of carbonyl (C=O) groups excluding carboxylic acids is 1. The molecule has 0 aromatic carbocycles. The van der Waals surface area contributed by atoms with Gasteiger partial charge >= 0.3 is 0 Å². The molecule has 3 heterocycles. The predicted molar refractivity (Wildman–Crippen MR) is 125 cm³/mol. The van der Waals surface area contributed by atoms with Crippen molar-refractivity contribution in [2.45, 2.75) is 44.4 Å². The molecule has 1 saturated carbocycles. The first kappa shape index (κ1) is 23.1. The van der Waals surface area contributed by atoms with E-state index < -0.39 is 15.6 Å². The van der Waals surface area contributed by atoms with Gasteiger partial charge in [-0.3, -0.25) is 19.5 Å². The van der Waals surface area contributed by atoms with E-state index in [0.29, 0.717) is 42.3 Å². The van der Waals surface area contributed by atoms with Crippen LogP contribution >= 0.6 is 11.3 Å². The Labute approximate surface area is 195 Å². The van der Waals surface area contributed by atoms with Crippen molar-refractivity contribution in [3.05, 3.63) is 47.5 Å². The van der Waals surface area contributed by atoms with E-state index in [2.05, 4.69) is 30.0 Å². The fraction of sp³-hybridized carbons (Fsp3) is 0.381. The third-order valence-electron chi connectivity index (χ3n) is 4.96. The molecule has 0 radical (unpaired) electrons. The van der Waals surface area contributed by atoms with E-state index in [0.717, 1.165) is 0 Å². The summed E-state index contributed by atoms with van der Waals surface area (Å²) < 4.78 is 32.1. The zero-order valence-corrected chi connectivity index (χ0v) is 20.0. The Hall–Kier alpha value is -3.12. The van der Waals surface area contributed by atoms with E-state index in [9.17, 15) is 13.2 Å². The summed E-state index contributed by atoms with van der Waals surface area (Å²) in [7, 11) is -3.39. The average molecular weight is 489 g/mol. The van der Waals surface area contributed by atoms with E-state index in [1.54, 1.807) is 43.8 Å². The van der Waals surface area contributed by atoms with Gasteiger partial charge in [0.25, 0.3) is 5.91 Å². The van der Waals surface area contributed by atoms with E-state index >= 15 is 0 Å². The molecule has 0 saturated heterocycles. The Balaban J connectivity index is 1.43. The van der Waals surface area contributed by atoms with Crippen molar-refractivity contribution >= 4 is 32.4 Å². The summed E-state index contributed by atoms with van der Waals surface area (Å²) in [6.07, 6.45) is 6.02. The molecule has 1 fully saturated rings. The maximum atomic E-state index is 12.8. The number of nitrogens with zero attached hydrogens (tertiary/aromatic N) is 4. The number of sulfonamides is 1. The van der Waals surface area contributed by atoms with Crippen molar-refractivity contribution in [2.24, 2.45) is 0 Å². The number of carbonyl (C=O) groups is 1. The standard InChI is InChI=1S/C21H24N6O4S2/c1-4-31-18-11-22-10-16(24-18)13-5-8-15(23-9-13)19(28)26-21(2,3)17-12-32-20(25-17)27-33(29,30)14-6-7-14/h5,8-12,14H,4,6-7H2,1-3H3,(H,25,27)(H,26,28). The van der Waals surface area contributed by atoms with Crippen LogP contribution < -0.4 is 14.8 Å². The SMILES string of the molecule is CCOc1cncc(-c2ccc(C(=O)NC(C)(C)c3csc(NS(=O)(=O)C4CC4)n3)nc2)n1. The minimum Gasteiger partial charge on any atom is -0.477 e. The molecule has 10 nitrogen and oxygen atoms in total. The highest BCUT2D eigenvalue weighted by atomic mass is 32.2. The second kappa shape index (κ2) is 9.02. The quantitative estimate of drug-likeness (QED) is 0.469. The lowest BCUT2D eigenvalue weighted by Gasteiger charge is -2.24. The van der Waals surface area contributed by atoms with Crippen LogP contribution in [0.5, 0.6) is 5.88 Å². The number of aromatic nitrogens is 4. The molecule has 2 N–H and O–H groups in total. The van der Waals surface area contributed by atoms with E-state index in [4.69, 9.17) is 4.74 Å². The van der Waals surface area contributed by atoms with Crippen molar-refractivity contribution in [1.29, 1.82) is 0 Å². The number of anilines is 1. The molecule has 1 aliphatic rings. The fourth-order valence-electron chi connectivity index (χ4n) is 2.99. The number of thiazole rings is 1. The smallest absolute Gasteiger partial charge is 0.270 e. The summed E-state index contributed by atoms with van der Waals surface area (Å²) in [5.74, 6) is 0.0365. The van der Waals surface area contributed by atoms with Gasteiger partial charge in [-0.25, -0.2) is 18.4 Å². The Kier molecular flexibility index (Phi) is 6.30. The monoisotopic (exact) mass is 488 g/mol. The zero-order valence-electron chi connectivity index (χ0n) is 18.4. The van der Waals surface area contributed by atoms with Crippen LogP contribution in [0.1, 0.15) is 49.8 Å². The van der Waals surface area contributed by atoms with Gasteiger partial charge in [0.15, 0.2) is 5.13 Å². The van der Waals surface area contributed by atoms with Gasteiger partial charge in [0, 0.05) is 17.1 Å². The summed E-state index contributed by atoms with van der Waals surface area (Å²) in [5, 5.41) is 4.59. The van der Waals surface area contributed by atoms with Crippen LogP contribution in [-0.2, 0) is 15.6 Å². The van der Waals surface area contributed by atoms with Crippen LogP contribution in [-0.4, -0.2) is 46.1 Å². The van der Waals surface area contributed by atoms with Gasteiger partial charge in [-0.2, -0.15) is 0 Å². The Morgan fingerprint density at radius 2 is 2.00 bits per heavy atom. The molecule has 0 bridgehead atoms. The highest BCUT2D eigenvalue weighted by molar-refractivity contribution is 7.93. The molecule has 1 aliphatic carbocycles. The lowest BCUT2D eigenvalue weighted by atomic mass is 10.0. The van der Waals surface area contributed by atoms with Gasteiger partial charge in [-0.1, -0.05) is 0 Å². The van der Waals surface area contributed by atoms with Crippen LogP contribution in [0.3, 0.4) is 0 Å². The van der Waals surface area contributed by atoms with E-state index in [1.165, 1.54) is 17.5 Å². The second-order valence-corrected chi connectivity index (χ2v) is 10.9. The minimum absolute atomic E-state index is 0.227. The molecule has 12 heteroatoms. The Morgan fingerprint density at radius 3 is 2.67 bits per heavy atom. The maximum Gasteiger partial charge on any atom is 0.270 e. The summed E-state index contributed by atoms with van der Waals surface area (Å²) in [6.45, 7) is 5.94. The van der Waals surface area contributed by atoms with Crippen molar-refractivity contribution in [3.8, 4) is 17.1 Å². The minimum atomic E-state index is -3.39. The molecule has 0 spiro atoms. The van der Waals surface area contributed by atoms with Crippen LogP contribution in [0, 0.1) is 0 Å². The molecule has 1 amide bonds. The first-order valence-electron chi connectivity index (χ1n) is 10.4. The molecular formula is C21H24N6O4S2. The normalized spacial score (nSPS) is 14.0. The highest BCUT2D eigenvalue weighted by Gasteiger charge is 2.36. The fourth-order valence-corrected chi connectivity index (χ4v) is 5.46. The molecule has 174 valence electrons. The molecule has 0 atom stereocenters. The first-order valence-corrected chi connectivity index (χ1v) is 12.8. The predicted octanol–water partition coefficient (Wildman–Crippen LogP) is 2.96. The van der Waals surface area contributed by atoms with E-state index in [-0.39, 0.29) is 22.0 Å². The number of amides is 1. The van der Waals surface area contributed by atoms with Crippen LogP contribution in [0.15, 0.2) is 36.1 Å². The van der Waals surface area contributed by atoms with E-state index in [1.807, 2.05) is 6.92 Å². The molecule has 3 aromatic heterocycles. The van der Waals surface area contributed by atoms with Gasteiger partial charge < -0.3 is 10.1 Å². The molecule has 33 heavy (non-hydrogen) atoms. The first-order chi connectivity index (χ1) is 15.7. The third kappa shape index (κ3) is 5.45. The lowest BCUT2D eigenvalue weighted by Crippen LogP contribution is -2.41. The number of hydrogen-bond donors (Lipinski definition) is 2. The zero-order chi connectivity index (χ0) is 23.6. The highest BCUT2D eigenvalue weighted by Crippen LogP contribution is 2.32. The summed E-state index contributed by atoms with van der Waals surface area (Å²) >= 11 is 1.18.